The Morgan fingerprint density at radius 3 is 2.46 bits per heavy atom. The van der Waals surface area contributed by atoms with Crippen LogP contribution in [0.1, 0.15) is 22.3 Å². The van der Waals surface area contributed by atoms with Crippen molar-refractivity contribution in [2.24, 2.45) is 5.10 Å². The molecule has 0 fully saturated rings. The van der Waals surface area contributed by atoms with Crippen LogP contribution in [0.5, 0.6) is 5.75 Å². The first-order chi connectivity index (χ1) is 11.4. The van der Waals surface area contributed by atoms with Crippen LogP contribution < -0.4 is 10.2 Å². The molecule has 0 aliphatic carbocycles. The van der Waals surface area contributed by atoms with Gasteiger partial charge in [-0.05, 0) is 87.9 Å². The van der Waals surface area contributed by atoms with Gasteiger partial charge in [0.25, 0.3) is 0 Å². The number of hydrogen-bond donors (Lipinski definition) is 1. The van der Waals surface area contributed by atoms with Crippen molar-refractivity contribution in [3.05, 3.63) is 59.7 Å². The van der Waals surface area contributed by atoms with Gasteiger partial charge in [-0.15, -0.1) is 0 Å². The molecule has 0 saturated heterocycles. The average molecular weight is 548 g/mol. The summed E-state index contributed by atoms with van der Waals surface area (Å²) in [7, 11) is 1.65. The first-order valence-electron chi connectivity index (χ1n) is 7.31. The Labute approximate surface area is 169 Å². The van der Waals surface area contributed by atoms with Crippen LogP contribution in [-0.2, 0) is 11.2 Å². The number of ether oxygens (including phenoxy) is 1. The quantitative estimate of drug-likeness (QED) is 0.346. The van der Waals surface area contributed by atoms with Crippen LogP contribution in [0.2, 0.25) is 0 Å². The molecule has 0 aliphatic heterocycles. The number of amides is 1. The molecule has 4 nitrogen and oxygen atoms in total. The number of carbonyl (C=O) groups is 1. The Balaban J connectivity index is 2.00. The molecule has 0 radical (unpaired) electrons. The molecule has 0 unspecified atom stereocenters. The van der Waals surface area contributed by atoms with E-state index in [2.05, 4.69) is 61.8 Å². The van der Waals surface area contributed by atoms with Gasteiger partial charge in [-0.25, -0.2) is 5.43 Å². The predicted octanol–water partition coefficient (Wildman–Crippen LogP) is 4.21. The fraction of sp³-hybridized carbons (Fsp3) is 0.222. The highest BCUT2D eigenvalue weighted by atomic mass is 127. The molecule has 1 amide bonds. The summed E-state index contributed by atoms with van der Waals surface area (Å²) in [6, 6.07) is 10.00. The zero-order valence-electron chi connectivity index (χ0n) is 13.7. The van der Waals surface area contributed by atoms with Crippen LogP contribution in [0.4, 0.5) is 0 Å². The average Bonchev–Trinajstić information content (AvgIpc) is 2.50. The Bertz CT molecular complexity index is 766. The topological polar surface area (TPSA) is 50.7 Å². The van der Waals surface area contributed by atoms with E-state index >= 15 is 0 Å². The monoisotopic (exact) mass is 548 g/mol. The maximum atomic E-state index is 12.0. The lowest BCUT2D eigenvalue weighted by Gasteiger charge is -2.07. The van der Waals surface area contributed by atoms with Crippen molar-refractivity contribution in [2.75, 3.05) is 7.11 Å². The van der Waals surface area contributed by atoms with Gasteiger partial charge >= 0.3 is 0 Å². The molecule has 0 aliphatic rings. The third kappa shape index (κ3) is 5.17. The minimum absolute atomic E-state index is 0.129. The minimum Gasteiger partial charge on any atom is -0.495 e. The summed E-state index contributed by atoms with van der Waals surface area (Å²) in [5.41, 5.74) is 6.82. The van der Waals surface area contributed by atoms with Gasteiger partial charge in [0.2, 0.25) is 5.91 Å². The zero-order chi connectivity index (χ0) is 17.7. The third-order valence-corrected chi connectivity index (χ3v) is 5.08. The molecule has 24 heavy (non-hydrogen) atoms. The van der Waals surface area contributed by atoms with E-state index in [0.717, 1.165) is 29.6 Å². The first-order valence-corrected chi connectivity index (χ1v) is 9.47. The van der Waals surface area contributed by atoms with Gasteiger partial charge in [0.05, 0.1) is 26.9 Å². The third-order valence-electron chi connectivity index (χ3n) is 3.48. The Morgan fingerprint density at radius 1 is 1.21 bits per heavy atom. The number of hydrazone groups is 1. The number of carbonyl (C=O) groups excluding carboxylic acids is 1. The number of nitrogens with one attached hydrogen (secondary N) is 1. The summed E-state index contributed by atoms with van der Waals surface area (Å²) >= 11 is 4.44. The summed E-state index contributed by atoms with van der Waals surface area (Å²) in [5, 5.41) is 4.05. The number of rotatable bonds is 5. The maximum Gasteiger partial charge on any atom is 0.244 e. The Kier molecular flexibility index (Phi) is 7.02. The van der Waals surface area contributed by atoms with E-state index in [9.17, 15) is 4.79 Å². The largest absolute Gasteiger partial charge is 0.495 e. The van der Waals surface area contributed by atoms with Crippen molar-refractivity contribution in [3.8, 4) is 5.75 Å². The van der Waals surface area contributed by atoms with Crippen LogP contribution in [0.25, 0.3) is 0 Å². The molecule has 0 bridgehead atoms. The fourth-order valence-corrected chi connectivity index (χ4v) is 4.54. The molecule has 0 aromatic heterocycles. The summed E-state index contributed by atoms with van der Waals surface area (Å²) in [4.78, 5) is 12.0. The van der Waals surface area contributed by atoms with Gasteiger partial charge in [0.15, 0.2) is 0 Å². The number of aryl methyl sites for hydroxylation is 2. The Morgan fingerprint density at radius 2 is 1.88 bits per heavy atom. The van der Waals surface area contributed by atoms with Crippen molar-refractivity contribution in [3.63, 3.8) is 0 Å². The molecule has 2 rings (SSSR count). The SMILES string of the molecule is COc1c(I)cc(/C=N/NC(=O)Cc2ccc(C)cc2C)cc1I. The highest BCUT2D eigenvalue weighted by Gasteiger charge is 2.07. The van der Waals surface area contributed by atoms with E-state index in [-0.39, 0.29) is 5.91 Å². The summed E-state index contributed by atoms with van der Waals surface area (Å²) in [5.74, 6) is 0.725. The van der Waals surface area contributed by atoms with Crippen molar-refractivity contribution in [1.29, 1.82) is 0 Å². The number of halogens is 2. The second-order valence-corrected chi connectivity index (χ2v) is 7.74. The number of methoxy groups -OCH3 is 1. The molecule has 0 spiro atoms. The van der Waals surface area contributed by atoms with Crippen LogP contribution in [0.3, 0.4) is 0 Å². The predicted molar refractivity (Wildman–Crippen MR) is 114 cm³/mol. The Hall–Kier alpha value is -1.16. The molecule has 6 heteroatoms. The summed E-state index contributed by atoms with van der Waals surface area (Å²) in [6.07, 6.45) is 1.96. The van der Waals surface area contributed by atoms with Crippen molar-refractivity contribution >= 4 is 57.3 Å². The lowest BCUT2D eigenvalue weighted by molar-refractivity contribution is -0.120. The van der Waals surface area contributed by atoms with Crippen LogP contribution >= 0.6 is 45.2 Å². The van der Waals surface area contributed by atoms with Crippen LogP contribution in [0.15, 0.2) is 35.4 Å². The minimum atomic E-state index is -0.129. The molecule has 0 atom stereocenters. The van der Waals surface area contributed by atoms with Crippen LogP contribution in [0, 0.1) is 21.0 Å². The van der Waals surface area contributed by atoms with E-state index in [1.54, 1.807) is 13.3 Å². The zero-order valence-corrected chi connectivity index (χ0v) is 18.0. The van der Waals surface area contributed by atoms with Gasteiger partial charge < -0.3 is 4.74 Å². The lowest BCUT2D eigenvalue weighted by atomic mass is 10.0. The molecule has 126 valence electrons. The van der Waals surface area contributed by atoms with Gasteiger partial charge in [-0.2, -0.15) is 5.10 Å². The van der Waals surface area contributed by atoms with Gasteiger partial charge in [0, 0.05) is 0 Å². The van der Waals surface area contributed by atoms with E-state index in [0.29, 0.717) is 6.42 Å². The molecule has 2 aromatic carbocycles. The van der Waals surface area contributed by atoms with E-state index in [4.69, 9.17) is 4.74 Å². The second kappa shape index (κ2) is 8.80. The van der Waals surface area contributed by atoms with Gasteiger partial charge in [-0.1, -0.05) is 23.8 Å². The lowest BCUT2D eigenvalue weighted by Crippen LogP contribution is -2.20. The molecule has 0 saturated carbocycles. The van der Waals surface area contributed by atoms with E-state index < -0.39 is 0 Å². The highest BCUT2D eigenvalue weighted by Crippen LogP contribution is 2.27. The molecule has 1 N–H and O–H groups in total. The summed E-state index contributed by atoms with van der Waals surface area (Å²) in [6.45, 7) is 4.05. The smallest absolute Gasteiger partial charge is 0.244 e. The van der Waals surface area contributed by atoms with Gasteiger partial charge in [0.1, 0.15) is 5.75 Å². The fourth-order valence-electron chi connectivity index (χ4n) is 2.28. The number of benzene rings is 2. The van der Waals surface area contributed by atoms with E-state index in [1.807, 2.05) is 38.1 Å². The van der Waals surface area contributed by atoms with Gasteiger partial charge in [-0.3, -0.25) is 4.79 Å². The van der Waals surface area contributed by atoms with Crippen molar-refractivity contribution < 1.29 is 9.53 Å². The standard InChI is InChI=1S/C18H18I2N2O2/c1-11-4-5-14(12(2)6-11)9-17(23)22-21-10-13-7-15(19)18(24-3)16(20)8-13/h4-8,10H,9H2,1-3H3,(H,22,23)/b21-10+. The van der Waals surface area contributed by atoms with Crippen LogP contribution in [-0.4, -0.2) is 19.2 Å². The second-order valence-electron chi connectivity index (χ2n) is 5.42. The van der Waals surface area contributed by atoms with Crippen molar-refractivity contribution in [1.82, 2.24) is 5.43 Å². The number of nitrogens with zero attached hydrogens (tertiary/aromatic N) is 1. The molecule has 2 aromatic rings. The molecular formula is C18H18I2N2O2. The highest BCUT2D eigenvalue weighted by molar-refractivity contribution is 14.1. The molecule has 0 heterocycles. The van der Waals surface area contributed by atoms with Crippen molar-refractivity contribution in [2.45, 2.75) is 20.3 Å². The summed E-state index contributed by atoms with van der Waals surface area (Å²) < 4.78 is 7.34. The normalized spacial score (nSPS) is 10.9. The number of hydrogen-bond acceptors (Lipinski definition) is 3. The van der Waals surface area contributed by atoms with E-state index in [1.165, 1.54) is 5.56 Å². The molecular weight excluding hydrogens is 530 g/mol. The maximum absolute atomic E-state index is 12.0. The first kappa shape index (κ1) is 19.2.